The highest BCUT2D eigenvalue weighted by Crippen LogP contribution is 2.12. The Morgan fingerprint density at radius 2 is 1.60 bits per heavy atom. The number of carboxylic acids is 1. The van der Waals surface area contributed by atoms with E-state index in [0.717, 1.165) is 51.4 Å². The summed E-state index contributed by atoms with van der Waals surface area (Å²) in [7, 11) is 5.78. The van der Waals surface area contributed by atoms with Crippen LogP contribution in [-0.2, 0) is 14.3 Å². The first-order valence-corrected chi connectivity index (χ1v) is 9.52. The molecule has 0 saturated heterocycles. The van der Waals surface area contributed by atoms with Gasteiger partial charge in [-0.15, -0.1) is 0 Å². The number of hydrogen-bond donors (Lipinski definition) is 1. The molecule has 0 radical (unpaired) electrons. The third-order valence-electron chi connectivity index (χ3n) is 4.08. The molecule has 0 heterocycles. The molecule has 0 aromatic rings. The summed E-state index contributed by atoms with van der Waals surface area (Å²) in [4.78, 5) is 22.7. The summed E-state index contributed by atoms with van der Waals surface area (Å²) in [5.41, 5.74) is 0. The molecule has 0 aliphatic heterocycles. The van der Waals surface area contributed by atoms with Crippen LogP contribution in [0.15, 0.2) is 0 Å². The van der Waals surface area contributed by atoms with Crippen LogP contribution in [0.2, 0.25) is 0 Å². The first-order chi connectivity index (χ1) is 11.6. The highest BCUT2D eigenvalue weighted by molar-refractivity contribution is 5.70. The molecule has 0 saturated carbocycles. The molecular weight excluding hydrogens is 322 g/mol. The Morgan fingerprint density at radius 1 is 1.04 bits per heavy atom. The summed E-state index contributed by atoms with van der Waals surface area (Å²) in [5.74, 6) is -1.52. The van der Waals surface area contributed by atoms with Crippen molar-refractivity contribution in [3.05, 3.63) is 0 Å². The normalized spacial score (nSPS) is 14.1. The zero-order valence-corrected chi connectivity index (χ0v) is 16.5. The Labute approximate surface area is 152 Å². The molecule has 2 unspecified atom stereocenters. The van der Waals surface area contributed by atoms with Gasteiger partial charge >= 0.3 is 5.97 Å². The maximum absolute atomic E-state index is 11.9. The minimum atomic E-state index is -1.19. The van der Waals surface area contributed by atoms with E-state index in [9.17, 15) is 19.8 Å². The fraction of sp³-hybridized carbons (Fsp3) is 0.895. The summed E-state index contributed by atoms with van der Waals surface area (Å²) in [6, 6.07) is 0. The van der Waals surface area contributed by atoms with Crippen LogP contribution in [-0.4, -0.2) is 61.4 Å². The Morgan fingerprint density at radius 3 is 2.12 bits per heavy atom. The number of hydrogen-bond acceptors (Lipinski definition) is 5. The van der Waals surface area contributed by atoms with Crippen molar-refractivity contribution >= 4 is 11.9 Å². The average Bonchev–Trinajstić information content (AvgIpc) is 2.47. The van der Waals surface area contributed by atoms with Crippen LogP contribution in [0.25, 0.3) is 0 Å². The number of aliphatic carboxylic acids is 1. The van der Waals surface area contributed by atoms with Crippen LogP contribution in [0, 0.1) is 0 Å². The predicted molar refractivity (Wildman–Crippen MR) is 95.6 cm³/mol. The van der Waals surface area contributed by atoms with Crippen molar-refractivity contribution in [1.29, 1.82) is 0 Å². The van der Waals surface area contributed by atoms with Crippen LogP contribution in [0.3, 0.4) is 0 Å². The highest BCUT2D eigenvalue weighted by atomic mass is 16.5. The van der Waals surface area contributed by atoms with Gasteiger partial charge in [0.05, 0.1) is 27.2 Å². The van der Waals surface area contributed by atoms with Gasteiger partial charge in [-0.2, -0.15) is 0 Å². The maximum atomic E-state index is 11.9. The van der Waals surface area contributed by atoms with E-state index in [1.165, 1.54) is 0 Å². The van der Waals surface area contributed by atoms with E-state index in [1.807, 2.05) is 28.1 Å². The lowest BCUT2D eigenvalue weighted by Gasteiger charge is -2.29. The standard InChI is InChI=1S/C19H37NO5/c1-5-16(21)12-10-8-6-7-9-11-13-19(24)25-17(14-18(22)23)15-20(2,3)4/h16-17,21H,5-15H2,1-4H3. The molecule has 25 heavy (non-hydrogen) atoms. The van der Waals surface area contributed by atoms with Gasteiger partial charge in [-0.1, -0.05) is 39.0 Å². The molecule has 0 fully saturated rings. The van der Waals surface area contributed by atoms with Crippen LogP contribution in [0.4, 0.5) is 0 Å². The zero-order valence-electron chi connectivity index (χ0n) is 16.5. The number of carbonyl (C=O) groups excluding carboxylic acids is 2. The number of carbonyl (C=O) groups is 2. The number of rotatable bonds is 15. The van der Waals surface area contributed by atoms with E-state index in [2.05, 4.69) is 0 Å². The molecule has 0 amide bonds. The Kier molecular flexibility index (Phi) is 12.5. The van der Waals surface area contributed by atoms with Crippen LogP contribution in [0.5, 0.6) is 0 Å². The first-order valence-electron chi connectivity index (χ1n) is 9.52. The Bertz CT molecular complexity index is 379. The SMILES string of the molecule is CCC(O)CCCCCCCCC(=O)OC(CC(=O)[O-])C[N+](C)(C)C. The van der Waals surface area contributed by atoms with Crippen molar-refractivity contribution in [2.24, 2.45) is 0 Å². The van der Waals surface area contributed by atoms with E-state index in [0.29, 0.717) is 17.4 Å². The second-order valence-corrected chi connectivity index (χ2v) is 7.88. The molecule has 1 N–H and O–H groups in total. The van der Waals surface area contributed by atoms with Gasteiger partial charge < -0.3 is 24.2 Å². The predicted octanol–water partition coefficient (Wildman–Crippen LogP) is 1.64. The molecule has 0 aromatic carbocycles. The summed E-state index contributed by atoms with van der Waals surface area (Å²) < 4.78 is 5.84. The molecule has 148 valence electrons. The third kappa shape index (κ3) is 16.1. The number of likely N-dealkylation sites (N-methyl/N-ethyl adjacent to an activating group) is 1. The lowest BCUT2D eigenvalue weighted by molar-refractivity contribution is -0.873. The average molecular weight is 360 g/mol. The zero-order chi connectivity index (χ0) is 19.3. The number of quaternary nitrogens is 1. The molecule has 0 spiro atoms. The topological polar surface area (TPSA) is 86.7 Å². The molecule has 0 aliphatic rings. The summed E-state index contributed by atoms with van der Waals surface area (Å²) in [6.45, 7) is 2.44. The number of ether oxygens (including phenoxy) is 1. The number of unbranched alkanes of at least 4 members (excludes halogenated alkanes) is 5. The third-order valence-corrected chi connectivity index (χ3v) is 4.08. The van der Waals surface area contributed by atoms with Crippen molar-refractivity contribution in [2.75, 3.05) is 27.7 Å². The number of nitrogens with zero attached hydrogens (tertiary/aromatic N) is 1. The largest absolute Gasteiger partial charge is 0.550 e. The Balaban J connectivity index is 3.83. The first kappa shape index (κ1) is 23.9. The van der Waals surface area contributed by atoms with Crippen LogP contribution >= 0.6 is 0 Å². The van der Waals surface area contributed by atoms with E-state index in [1.54, 1.807) is 0 Å². The lowest BCUT2D eigenvalue weighted by Crippen LogP contribution is -2.45. The molecule has 6 nitrogen and oxygen atoms in total. The fourth-order valence-electron chi connectivity index (χ4n) is 2.75. The quantitative estimate of drug-likeness (QED) is 0.273. The van der Waals surface area contributed by atoms with E-state index >= 15 is 0 Å². The van der Waals surface area contributed by atoms with Gasteiger partial charge in [0.2, 0.25) is 0 Å². The van der Waals surface area contributed by atoms with Crippen molar-refractivity contribution in [3.8, 4) is 0 Å². The number of carboxylic acid groups (broad SMARTS) is 1. The summed E-state index contributed by atoms with van der Waals surface area (Å²) >= 11 is 0. The van der Waals surface area contributed by atoms with Crippen molar-refractivity contribution in [1.82, 2.24) is 0 Å². The fourth-order valence-corrected chi connectivity index (χ4v) is 2.75. The van der Waals surface area contributed by atoms with Crippen LogP contribution < -0.4 is 5.11 Å². The van der Waals surface area contributed by atoms with Gasteiger partial charge in [0, 0.05) is 18.8 Å². The minimum absolute atomic E-state index is 0.171. The van der Waals surface area contributed by atoms with Gasteiger partial charge in [-0.05, 0) is 19.3 Å². The summed E-state index contributed by atoms with van der Waals surface area (Å²) in [6.07, 6.45) is 7.01. The van der Waals surface area contributed by atoms with Crippen molar-refractivity contribution < 1.29 is 29.0 Å². The lowest BCUT2D eigenvalue weighted by atomic mass is 10.1. The second kappa shape index (κ2) is 13.1. The second-order valence-electron chi connectivity index (χ2n) is 7.88. The van der Waals surface area contributed by atoms with Crippen molar-refractivity contribution in [2.45, 2.75) is 83.3 Å². The molecule has 0 aromatic heterocycles. The van der Waals surface area contributed by atoms with E-state index in [4.69, 9.17) is 4.74 Å². The van der Waals surface area contributed by atoms with Gasteiger partial charge in [0.25, 0.3) is 0 Å². The van der Waals surface area contributed by atoms with Crippen molar-refractivity contribution in [3.63, 3.8) is 0 Å². The molecule has 0 bridgehead atoms. The molecular formula is C19H37NO5. The summed E-state index contributed by atoms with van der Waals surface area (Å²) in [5, 5.41) is 20.3. The maximum Gasteiger partial charge on any atom is 0.306 e. The monoisotopic (exact) mass is 359 g/mol. The Hall–Kier alpha value is -1.14. The molecule has 2 atom stereocenters. The molecule has 6 heteroatoms. The van der Waals surface area contributed by atoms with Gasteiger partial charge in [0.15, 0.2) is 6.10 Å². The number of aliphatic hydroxyl groups is 1. The van der Waals surface area contributed by atoms with E-state index in [-0.39, 0.29) is 18.5 Å². The van der Waals surface area contributed by atoms with Crippen LogP contribution in [0.1, 0.15) is 71.1 Å². The van der Waals surface area contributed by atoms with Gasteiger partial charge in [-0.3, -0.25) is 4.79 Å². The number of esters is 1. The van der Waals surface area contributed by atoms with Gasteiger partial charge in [-0.25, -0.2) is 0 Å². The molecule has 0 aliphatic carbocycles. The highest BCUT2D eigenvalue weighted by Gasteiger charge is 2.22. The minimum Gasteiger partial charge on any atom is -0.550 e. The number of aliphatic hydroxyl groups excluding tert-OH is 1. The smallest absolute Gasteiger partial charge is 0.306 e. The molecule has 0 rings (SSSR count). The van der Waals surface area contributed by atoms with E-state index < -0.39 is 12.1 Å². The van der Waals surface area contributed by atoms with Gasteiger partial charge in [0.1, 0.15) is 6.54 Å².